The fourth-order valence-electron chi connectivity index (χ4n) is 1.18. The van der Waals surface area contributed by atoms with E-state index in [9.17, 15) is 0 Å². The van der Waals surface area contributed by atoms with Gasteiger partial charge in [0.1, 0.15) is 5.52 Å². The van der Waals surface area contributed by atoms with Gasteiger partial charge in [-0.1, -0.05) is 12.2 Å². The van der Waals surface area contributed by atoms with Gasteiger partial charge in [0.25, 0.3) is 0 Å². The van der Waals surface area contributed by atoms with Crippen LogP contribution in [0.3, 0.4) is 0 Å². The van der Waals surface area contributed by atoms with E-state index in [1.807, 2.05) is 7.05 Å². The zero-order chi connectivity index (χ0) is 13.4. The number of alkyl halides is 2. The van der Waals surface area contributed by atoms with Crippen molar-refractivity contribution in [2.24, 2.45) is 0 Å². The quantitative estimate of drug-likeness (QED) is 0.672. The minimum Gasteiger partial charge on any atom is -0.341 e. The van der Waals surface area contributed by atoms with Crippen molar-refractivity contribution in [2.45, 2.75) is 0 Å². The molecule has 2 aromatic rings. The summed E-state index contributed by atoms with van der Waals surface area (Å²) in [4.78, 5) is 15.7. The molecule has 0 radical (unpaired) electrons. The maximum Gasteiger partial charge on any atom is 0.159 e. The van der Waals surface area contributed by atoms with Crippen molar-refractivity contribution < 1.29 is 0 Å². The fourth-order valence-corrected chi connectivity index (χ4v) is 1.97. The van der Waals surface area contributed by atoms with Crippen LogP contribution in [0.25, 0.3) is 11.2 Å². The number of nitrogens with one attached hydrogen (secondary N) is 2. The van der Waals surface area contributed by atoms with E-state index in [-0.39, 0.29) is 0 Å². The molecule has 100 valence electrons. The summed E-state index contributed by atoms with van der Waals surface area (Å²) in [5.74, 6) is 1.38. The summed E-state index contributed by atoms with van der Waals surface area (Å²) in [7, 11) is 2.00. The average molecular weight is 308 g/mol. The van der Waals surface area contributed by atoms with E-state index in [4.69, 9.17) is 35.4 Å². The summed E-state index contributed by atoms with van der Waals surface area (Å²) in [6.45, 7) is 1.85. The standard InChI is InChI=1S/C5H11Cl2N.C5H4N4S/c1-8(4-2-6)5-3-7;10-5-3-4(7-1-6-3)8-2-9-5/h2-5H2,1H3;1-2H,(H2,6,7,8,9,10). The second-order valence-electron chi connectivity index (χ2n) is 3.52. The molecule has 18 heavy (non-hydrogen) atoms. The Morgan fingerprint density at radius 2 is 1.78 bits per heavy atom. The lowest BCUT2D eigenvalue weighted by Crippen LogP contribution is -2.22. The van der Waals surface area contributed by atoms with Gasteiger partial charge in [0, 0.05) is 24.8 Å². The van der Waals surface area contributed by atoms with Crippen LogP contribution in [-0.4, -0.2) is 56.7 Å². The summed E-state index contributed by atoms with van der Waals surface area (Å²) >= 11 is 15.8. The number of aromatic amines is 2. The number of aromatic nitrogens is 4. The van der Waals surface area contributed by atoms with E-state index in [1.165, 1.54) is 6.33 Å². The molecule has 0 amide bonds. The molecular formula is C10H15Cl2N5S. The number of hydrogen-bond acceptors (Lipinski definition) is 4. The molecule has 0 unspecified atom stereocenters. The van der Waals surface area contributed by atoms with Gasteiger partial charge in [-0.15, -0.1) is 23.2 Å². The van der Waals surface area contributed by atoms with Gasteiger partial charge in [0.15, 0.2) is 10.3 Å². The van der Waals surface area contributed by atoms with Gasteiger partial charge >= 0.3 is 0 Å². The van der Waals surface area contributed by atoms with Gasteiger partial charge in [0.05, 0.1) is 12.7 Å². The summed E-state index contributed by atoms with van der Waals surface area (Å²) < 4.78 is 0.547. The number of fused-ring (bicyclic) bond motifs is 1. The Bertz CT molecular complexity index is 506. The third kappa shape index (κ3) is 4.89. The zero-order valence-corrected chi connectivity index (χ0v) is 12.3. The van der Waals surface area contributed by atoms with Crippen LogP contribution in [-0.2, 0) is 0 Å². The SMILES string of the molecule is CN(CCCl)CCCl.S=c1nc[nH]c2nc[nH]c12. The van der Waals surface area contributed by atoms with Crippen LogP contribution in [0.5, 0.6) is 0 Å². The van der Waals surface area contributed by atoms with Crippen molar-refractivity contribution >= 4 is 46.6 Å². The molecule has 0 aliphatic carbocycles. The molecule has 2 heterocycles. The lowest BCUT2D eigenvalue weighted by molar-refractivity contribution is 0.378. The highest BCUT2D eigenvalue weighted by Gasteiger charge is 1.94. The molecule has 5 nitrogen and oxygen atoms in total. The normalized spacial score (nSPS) is 10.4. The summed E-state index contributed by atoms with van der Waals surface area (Å²) in [5.41, 5.74) is 1.54. The number of nitrogens with zero attached hydrogens (tertiary/aromatic N) is 3. The van der Waals surface area contributed by atoms with Gasteiger partial charge in [-0.3, -0.25) is 0 Å². The number of hydrogen-bond donors (Lipinski definition) is 2. The Kier molecular flexibility index (Phi) is 7.19. The first-order chi connectivity index (χ1) is 8.69. The third-order valence-electron chi connectivity index (χ3n) is 2.17. The second kappa shape index (κ2) is 8.42. The van der Waals surface area contributed by atoms with E-state index >= 15 is 0 Å². The van der Waals surface area contributed by atoms with Crippen LogP contribution in [0.1, 0.15) is 0 Å². The van der Waals surface area contributed by atoms with Crippen molar-refractivity contribution in [3.8, 4) is 0 Å². The van der Waals surface area contributed by atoms with Gasteiger partial charge < -0.3 is 14.9 Å². The summed E-state index contributed by atoms with van der Waals surface area (Å²) in [6, 6.07) is 0. The molecule has 0 spiro atoms. The molecule has 8 heteroatoms. The van der Waals surface area contributed by atoms with Crippen LogP contribution < -0.4 is 0 Å². The van der Waals surface area contributed by atoms with Crippen molar-refractivity contribution in [1.29, 1.82) is 0 Å². The Morgan fingerprint density at radius 3 is 2.33 bits per heavy atom. The van der Waals surface area contributed by atoms with Gasteiger partial charge in [0.2, 0.25) is 0 Å². The Morgan fingerprint density at radius 1 is 1.17 bits per heavy atom. The first-order valence-electron chi connectivity index (χ1n) is 5.36. The molecule has 0 saturated heterocycles. The van der Waals surface area contributed by atoms with Crippen LogP contribution in [0.2, 0.25) is 0 Å². The maximum atomic E-state index is 5.45. The first-order valence-corrected chi connectivity index (χ1v) is 6.84. The molecule has 2 aromatic heterocycles. The van der Waals surface area contributed by atoms with E-state index in [0.717, 1.165) is 24.3 Å². The lowest BCUT2D eigenvalue weighted by Gasteiger charge is -2.11. The van der Waals surface area contributed by atoms with Crippen LogP contribution in [0, 0.1) is 4.64 Å². The smallest absolute Gasteiger partial charge is 0.159 e. The molecule has 0 aromatic carbocycles. The largest absolute Gasteiger partial charge is 0.341 e. The minimum absolute atomic E-state index is 0.547. The van der Waals surface area contributed by atoms with Crippen molar-refractivity contribution in [2.75, 3.05) is 31.9 Å². The van der Waals surface area contributed by atoms with Crippen molar-refractivity contribution in [3.63, 3.8) is 0 Å². The van der Waals surface area contributed by atoms with Crippen molar-refractivity contribution in [3.05, 3.63) is 17.3 Å². The van der Waals surface area contributed by atoms with Gasteiger partial charge in [-0.05, 0) is 7.05 Å². The molecule has 0 saturated carbocycles. The van der Waals surface area contributed by atoms with Crippen LogP contribution in [0.15, 0.2) is 12.7 Å². The van der Waals surface area contributed by atoms with Gasteiger partial charge in [-0.2, -0.15) is 0 Å². The molecule has 0 aliphatic heterocycles. The van der Waals surface area contributed by atoms with E-state index in [2.05, 4.69) is 24.8 Å². The third-order valence-corrected chi connectivity index (χ3v) is 2.82. The lowest BCUT2D eigenvalue weighted by atomic mass is 10.6. The molecular weight excluding hydrogens is 293 g/mol. The number of halogens is 2. The van der Waals surface area contributed by atoms with Crippen LogP contribution in [0.4, 0.5) is 0 Å². The molecule has 2 N–H and O–H groups in total. The first kappa shape index (κ1) is 15.4. The second-order valence-corrected chi connectivity index (χ2v) is 4.66. The van der Waals surface area contributed by atoms with Crippen LogP contribution >= 0.6 is 35.4 Å². The number of imidazole rings is 1. The number of H-pyrrole nitrogens is 2. The molecule has 0 atom stereocenters. The molecule has 0 fully saturated rings. The monoisotopic (exact) mass is 307 g/mol. The Hall–Kier alpha value is -0.690. The van der Waals surface area contributed by atoms with Crippen molar-refractivity contribution in [1.82, 2.24) is 24.8 Å². The highest BCUT2D eigenvalue weighted by Crippen LogP contribution is 2.02. The predicted octanol–water partition coefficient (Wildman–Crippen LogP) is 2.41. The highest BCUT2D eigenvalue weighted by molar-refractivity contribution is 7.71. The summed E-state index contributed by atoms with van der Waals surface area (Å²) in [5, 5.41) is 0. The molecule has 0 bridgehead atoms. The Balaban J connectivity index is 0.000000187. The number of rotatable bonds is 4. The topological polar surface area (TPSA) is 60.6 Å². The van der Waals surface area contributed by atoms with E-state index < -0.39 is 0 Å². The zero-order valence-electron chi connectivity index (χ0n) is 9.99. The van der Waals surface area contributed by atoms with E-state index in [1.54, 1.807) is 6.33 Å². The maximum absolute atomic E-state index is 5.45. The molecule has 0 aliphatic rings. The molecule has 2 rings (SSSR count). The highest BCUT2D eigenvalue weighted by atomic mass is 35.5. The summed E-state index contributed by atoms with van der Waals surface area (Å²) in [6.07, 6.45) is 3.12. The Labute approximate surface area is 121 Å². The average Bonchev–Trinajstić information content (AvgIpc) is 2.80. The van der Waals surface area contributed by atoms with E-state index in [0.29, 0.717) is 16.4 Å². The van der Waals surface area contributed by atoms with Gasteiger partial charge in [-0.25, -0.2) is 9.97 Å². The minimum atomic E-state index is 0.547. The fraction of sp³-hybridized carbons (Fsp3) is 0.500. The predicted molar refractivity (Wildman–Crippen MR) is 78.0 cm³/mol.